The molecule has 0 aliphatic carbocycles. The maximum Gasteiger partial charge on any atom is 0.249 e. The Morgan fingerprint density at radius 1 is 0.833 bits per heavy atom. The second kappa shape index (κ2) is 18.4. The fourth-order valence-electron chi connectivity index (χ4n) is 3.89. The average Bonchev–Trinajstić information content (AvgIpc) is 2.77. The summed E-state index contributed by atoms with van der Waals surface area (Å²) in [5.41, 5.74) is 7.76. The number of carbonyl (C=O) groups excluding carboxylic acids is 1. The lowest BCUT2D eigenvalue weighted by atomic mass is 10.0. The van der Waals surface area contributed by atoms with Gasteiger partial charge >= 0.3 is 0 Å². The Kier molecular flexibility index (Phi) is 16.3. The van der Waals surface area contributed by atoms with Gasteiger partial charge in [0.15, 0.2) is 0 Å². The summed E-state index contributed by atoms with van der Waals surface area (Å²) >= 11 is 0. The predicted octanol–water partition coefficient (Wildman–Crippen LogP) is 5.99. The Balaban J connectivity index is 1.94. The van der Waals surface area contributed by atoms with E-state index in [1.807, 2.05) is 24.3 Å². The van der Waals surface area contributed by atoms with Crippen LogP contribution in [0.3, 0.4) is 0 Å². The molecule has 172 valence electrons. The van der Waals surface area contributed by atoms with E-state index >= 15 is 0 Å². The first kappa shape index (κ1) is 26.6. The van der Waals surface area contributed by atoms with Gasteiger partial charge in [0.25, 0.3) is 0 Å². The number of hydrogen-bond acceptors (Lipinski definition) is 3. The van der Waals surface area contributed by atoms with E-state index in [-0.39, 0.29) is 5.91 Å². The molecule has 4 nitrogen and oxygen atoms in total. The largest absolute Gasteiger partial charge is 0.383 e. The highest BCUT2D eigenvalue weighted by Crippen LogP contribution is 2.14. The lowest BCUT2D eigenvalue weighted by Crippen LogP contribution is -2.34. The van der Waals surface area contributed by atoms with Crippen molar-refractivity contribution in [1.82, 2.24) is 5.32 Å². The molecule has 0 aliphatic heterocycles. The second-order valence-corrected chi connectivity index (χ2v) is 8.59. The molecule has 0 spiro atoms. The Hall–Kier alpha value is -1.39. The molecule has 1 aromatic rings. The number of carbonyl (C=O) groups is 1. The van der Waals surface area contributed by atoms with Crippen molar-refractivity contribution < 1.29 is 9.90 Å². The first-order valence-electron chi connectivity index (χ1n) is 12.4. The molecular weight excluding hydrogens is 372 g/mol. The minimum absolute atomic E-state index is 0.281. The van der Waals surface area contributed by atoms with Crippen LogP contribution in [0.1, 0.15) is 114 Å². The monoisotopic (exact) mass is 418 g/mol. The highest BCUT2D eigenvalue weighted by atomic mass is 16.3. The van der Waals surface area contributed by atoms with Gasteiger partial charge in [0.05, 0.1) is 0 Å². The molecule has 1 rings (SSSR count). The molecule has 0 saturated carbocycles. The van der Waals surface area contributed by atoms with E-state index in [1.165, 1.54) is 77.0 Å². The zero-order valence-electron chi connectivity index (χ0n) is 19.3. The fraction of sp³-hybridized carbons (Fsp3) is 0.731. The smallest absolute Gasteiger partial charge is 0.249 e. The van der Waals surface area contributed by atoms with Gasteiger partial charge in [-0.15, -0.1) is 0 Å². The maximum absolute atomic E-state index is 12.1. The number of rotatable bonds is 19. The van der Waals surface area contributed by atoms with Gasteiger partial charge in [-0.25, -0.2) is 0 Å². The Morgan fingerprint density at radius 2 is 1.30 bits per heavy atom. The van der Waals surface area contributed by atoms with E-state index in [0.29, 0.717) is 19.5 Å². The van der Waals surface area contributed by atoms with E-state index in [1.54, 1.807) is 0 Å². The molecular formula is C26H46N2O2. The number of nitrogens with one attached hydrogen (secondary N) is 1. The van der Waals surface area contributed by atoms with Gasteiger partial charge in [0.2, 0.25) is 5.91 Å². The molecule has 0 saturated heterocycles. The second-order valence-electron chi connectivity index (χ2n) is 8.59. The molecule has 0 radical (unpaired) electrons. The summed E-state index contributed by atoms with van der Waals surface area (Å²) in [7, 11) is 0. The molecule has 4 N–H and O–H groups in total. The van der Waals surface area contributed by atoms with E-state index in [4.69, 9.17) is 5.73 Å². The van der Waals surface area contributed by atoms with Crippen LogP contribution in [0.25, 0.3) is 0 Å². The van der Waals surface area contributed by atoms with Gasteiger partial charge in [-0.1, -0.05) is 121 Å². The van der Waals surface area contributed by atoms with Gasteiger partial charge < -0.3 is 16.2 Å². The highest BCUT2D eigenvalue weighted by molar-refractivity contribution is 5.80. The van der Waals surface area contributed by atoms with Crippen LogP contribution in [0, 0.1) is 0 Å². The lowest BCUT2D eigenvalue weighted by molar-refractivity contribution is -0.129. The number of amides is 1. The Labute approximate surface area is 185 Å². The SMILES string of the molecule is CCCCCCCCCCCCCCCCC(O)C(=O)NCc1ccccc1CN. The summed E-state index contributed by atoms with van der Waals surface area (Å²) in [6.45, 7) is 3.14. The molecule has 1 amide bonds. The maximum atomic E-state index is 12.1. The van der Waals surface area contributed by atoms with E-state index in [0.717, 1.165) is 24.0 Å². The molecule has 0 bridgehead atoms. The first-order chi connectivity index (χ1) is 14.7. The van der Waals surface area contributed by atoms with E-state index in [2.05, 4.69) is 12.2 Å². The van der Waals surface area contributed by atoms with Gasteiger partial charge in [0, 0.05) is 13.1 Å². The highest BCUT2D eigenvalue weighted by Gasteiger charge is 2.14. The molecule has 1 unspecified atom stereocenters. The number of hydrogen-bond donors (Lipinski definition) is 3. The number of aliphatic hydroxyl groups is 1. The number of nitrogens with two attached hydrogens (primary N) is 1. The van der Waals surface area contributed by atoms with Crippen LogP contribution in [0.2, 0.25) is 0 Å². The van der Waals surface area contributed by atoms with Gasteiger partial charge in [-0.2, -0.15) is 0 Å². The summed E-state index contributed by atoms with van der Waals surface area (Å²) in [6, 6.07) is 7.80. The summed E-state index contributed by atoms with van der Waals surface area (Å²) in [5, 5.41) is 12.9. The van der Waals surface area contributed by atoms with Crippen molar-refractivity contribution in [3.05, 3.63) is 35.4 Å². The van der Waals surface area contributed by atoms with Crippen LogP contribution < -0.4 is 11.1 Å². The van der Waals surface area contributed by atoms with Crippen LogP contribution in [0.15, 0.2) is 24.3 Å². The third-order valence-electron chi connectivity index (χ3n) is 5.93. The quantitative estimate of drug-likeness (QED) is 0.241. The topological polar surface area (TPSA) is 75.3 Å². The van der Waals surface area contributed by atoms with Crippen molar-refractivity contribution in [3.8, 4) is 0 Å². The predicted molar refractivity (Wildman–Crippen MR) is 127 cm³/mol. The molecule has 1 atom stereocenters. The van der Waals surface area contributed by atoms with Crippen LogP contribution in [-0.2, 0) is 17.9 Å². The van der Waals surface area contributed by atoms with Crippen molar-refractivity contribution >= 4 is 5.91 Å². The number of aliphatic hydroxyl groups excluding tert-OH is 1. The fourth-order valence-corrected chi connectivity index (χ4v) is 3.89. The average molecular weight is 419 g/mol. The molecule has 0 heterocycles. The Morgan fingerprint density at radius 3 is 1.80 bits per heavy atom. The van der Waals surface area contributed by atoms with Crippen molar-refractivity contribution in [2.75, 3.05) is 0 Å². The summed E-state index contributed by atoms with van der Waals surface area (Å²) in [6.07, 6.45) is 17.9. The van der Waals surface area contributed by atoms with Crippen LogP contribution >= 0.6 is 0 Å². The lowest BCUT2D eigenvalue weighted by Gasteiger charge is -2.13. The van der Waals surface area contributed by atoms with Gasteiger partial charge in [-0.05, 0) is 17.5 Å². The number of benzene rings is 1. The van der Waals surface area contributed by atoms with E-state index in [9.17, 15) is 9.90 Å². The van der Waals surface area contributed by atoms with Crippen molar-refractivity contribution in [1.29, 1.82) is 0 Å². The minimum atomic E-state index is -0.910. The van der Waals surface area contributed by atoms with Crippen LogP contribution in [0.4, 0.5) is 0 Å². The Bertz CT molecular complexity index is 548. The molecule has 0 aliphatic rings. The van der Waals surface area contributed by atoms with Gasteiger partial charge in [-0.3, -0.25) is 4.79 Å². The number of unbranched alkanes of at least 4 members (excludes halogenated alkanes) is 13. The van der Waals surface area contributed by atoms with Gasteiger partial charge in [0.1, 0.15) is 6.10 Å². The molecule has 4 heteroatoms. The van der Waals surface area contributed by atoms with Crippen molar-refractivity contribution in [2.45, 2.75) is 122 Å². The van der Waals surface area contributed by atoms with Crippen molar-refractivity contribution in [2.24, 2.45) is 5.73 Å². The molecule has 30 heavy (non-hydrogen) atoms. The summed E-state index contributed by atoms with van der Waals surface area (Å²) in [4.78, 5) is 12.1. The first-order valence-corrected chi connectivity index (χ1v) is 12.4. The standard InChI is InChI=1S/C26H46N2O2/c1-2-3-4-5-6-7-8-9-10-11-12-13-14-15-20-25(29)26(30)28-22-24-19-17-16-18-23(24)21-27/h16-19,25,29H,2-15,20-22,27H2,1H3,(H,28,30). The minimum Gasteiger partial charge on any atom is -0.383 e. The molecule has 0 aromatic heterocycles. The normalized spacial score (nSPS) is 12.1. The molecule has 0 fully saturated rings. The third kappa shape index (κ3) is 13.0. The third-order valence-corrected chi connectivity index (χ3v) is 5.93. The molecule has 1 aromatic carbocycles. The summed E-state index contributed by atoms with van der Waals surface area (Å²) < 4.78 is 0. The zero-order chi connectivity index (χ0) is 21.9. The van der Waals surface area contributed by atoms with E-state index < -0.39 is 6.10 Å². The van der Waals surface area contributed by atoms with Crippen molar-refractivity contribution in [3.63, 3.8) is 0 Å². The zero-order valence-corrected chi connectivity index (χ0v) is 19.3. The summed E-state index contributed by atoms with van der Waals surface area (Å²) in [5.74, 6) is -0.281. The van der Waals surface area contributed by atoms with Crippen LogP contribution in [-0.4, -0.2) is 17.1 Å². The van der Waals surface area contributed by atoms with Crippen LogP contribution in [0.5, 0.6) is 0 Å².